The van der Waals surface area contributed by atoms with Crippen molar-refractivity contribution in [2.24, 2.45) is 5.73 Å². The first-order chi connectivity index (χ1) is 24.8. The van der Waals surface area contributed by atoms with Crippen molar-refractivity contribution in [2.45, 2.75) is 149 Å². The van der Waals surface area contributed by atoms with Gasteiger partial charge in [-0.25, -0.2) is 4.79 Å². The lowest BCUT2D eigenvalue weighted by atomic mass is 9.88. The highest BCUT2D eigenvalue weighted by molar-refractivity contribution is 5.76. The van der Waals surface area contributed by atoms with Crippen LogP contribution < -0.4 is 11.1 Å². The number of hydrogen-bond acceptors (Lipinski definition) is 22. The van der Waals surface area contributed by atoms with Crippen molar-refractivity contribution in [3.63, 3.8) is 0 Å². The van der Waals surface area contributed by atoms with Crippen molar-refractivity contribution >= 4 is 11.9 Å². The Hall–Kier alpha value is -1.86. The number of hydrogen-bond donors (Lipinski definition) is 15. The molecule has 0 bridgehead atoms. The number of amides is 1. The van der Waals surface area contributed by atoms with Gasteiger partial charge in [-0.3, -0.25) is 4.79 Å². The van der Waals surface area contributed by atoms with Crippen LogP contribution in [0.1, 0.15) is 20.3 Å². The fraction of sp³-hybridized carbons (Fsp3) is 0.931. The maximum absolute atomic E-state index is 12.8. The topological polar surface area (TPSA) is 400 Å². The molecule has 4 aliphatic heterocycles. The van der Waals surface area contributed by atoms with Gasteiger partial charge in [0.1, 0.15) is 79.4 Å². The van der Waals surface area contributed by atoms with E-state index in [4.69, 9.17) is 38.9 Å². The van der Waals surface area contributed by atoms with E-state index in [0.717, 1.165) is 6.92 Å². The summed E-state index contributed by atoms with van der Waals surface area (Å²) >= 11 is 0. The Labute approximate surface area is 300 Å². The number of aliphatic hydroxyl groups is 12. The summed E-state index contributed by atoms with van der Waals surface area (Å²) in [6.07, 6.45) is -33.7. The standard InChI is InChI=1S/C29H50N2O22/c1-7-15(37)19(41)20(42)26(48-7)47-6-12-22(18(40)13(30)25(44)49-12)51-27-21(43)24(17(39)11(5-33)50-27)53-29(28(45)46)3-9(35)14(31-8(2)34)23(52-29)16(38)10(36)4-32/h7,9-27,32-33,35-44H,3-6,30H2,1-2H3,(H,31,34)(H,45,46)/t7-,9-,10+,11+,12+,13+,14+,15+,16+,17-,18+,19+,20-,21+,22+,23+,24-,25?,26+,27-,29-/m0/s1. The van der Waals surface area contributed by atoms with Crippen LogP contribution in [0.2, 0.25) is 0 Å². The van der Waals surface area contributed by atoms with Crippen LogP contribution in [0.5, 0.6) is 0 Å². The second-order valence-corrected chi connectivity index (χ2v) is 13.4. The fourth-order valence-electron chi connectivity index (χ4n) is 6.53. The number of carbonyl (C=O) groups is 2. The molecule has 53 heavy (non-hydrogen) atoms. The monoisotopic (exact) mass is 778 g/mol. The second-order valence-electron chi connectivity index (χ2n) is 13.4. The number of carboxylic acid groups (broad SMARTS) is 1. The molecule has 24 heteroatoms. The SMILES string of the molecule is CC(=O)N[C@H]1[C@H]([C@H](O)[C@H](O)CO)O[C@@](O[C@H]2[C@@H](O)[C@@H](CO)O[C@@H](O[C@H]3[C@H](O)[C@@H](N)C(O)O[C@@H]3CO[C@@H]3O[C@@H](C)[C@@H](O)[C@@H](O)[C@@H]3O)[C@@H]2O)(C(=O)O)C[C@@H]1O. The van der Waals surface area contributed by atoms with Crippen LogP contribution in [0.15, 0.2) is 0 Å². The third kappa shape index (κ3) is 9.24. The van der Waals surface area contributed by atoms with E-state index in [-0.39, 0.29) is 0 Å². The summed E-state index contributed by atoms with van der Waals surface area (Å²) < 4.78 is 38.8. The van der Waals surface area contributed by atoms with E-state index in [2.05, 4.69) is 5.32 Å². The van der Waals surface area contributed by atoms with Crippen molar-refractivity contribution in [3.8, 4) is 0 Å². The van der Waals surface area contributed by atoms with Crippen LogP contribution >= 0.6 is 0 Å². The van der Waals surface area contributed by atoms with Gasteiger partial charge in [0.15, 0.2) is 18.9 Å². The van der Waals surface area contributed by atoms with Gasteiger partial charge in [0.2, 0.25) is 5.91 Å². The largest absolute Gasteiger partial charge is 0.477 e. The van der Waals surface area contributed by atoms with Crippen LogP contribution in [-0.4, -0.2) is 226 Å². The van der Waals surface area contributed by atoms with Crippen LogP contribution in [0.4, 0.5) is 0 Å². The van der Waals surface area contributed by atoms with E-state index in [1.807, 2.05) is 0 Å². The summed E-state index contributed by atoms with van der Waals surface area (Å²) in [5.41, 5.74) is 5.86. The highest BCUT2D eigenvalue weighted by Gasteiger charge is 2.60. The molecule has 4 fully saturated rings. The van der Waals surface area contributed by atoms with E-state index < -0.39 is 166 Å². The highest BCUT2D eigenvalue weighted by Crippen LogP contribution is 2.38. The Balaban J connectivity index is 1.60. The van der Waals surface area contributed by atoms with Gasteiger partial charge in [0.05, 0.1) is 44.1 Å². The maximum atomic E-state index is 12.8. The van der Waals surface area contributed by atoms with E-state index in [1.165, 1.54) is 6.92 Å². The number of nitrogens with two attached hydrogens (primary N) is 1. The summed E-state index contributed by atoms with van der Waals surface area (Å²) in [5.74, 6) is -5.84. The lowest BCUT2D eigenvalue weighted by Gasteiger charge is -2.50. The molecule has 0 spiro atoms. The van der Waals surface area contributed by atoms with Crippen molar-refractivity contribution in [1.82, 2.24) is 5.32 Å². The van der Waals surface area contributed by atoms with E-state index in [9.17, 15) is 76.0 Å². The van der Waals surface area contributed by atoms with Crippen molar-refractivity contribution in [3.05, 3.63) is 0 Å². The summed E-state index contributed by atoms with van der Waals surface area (Å²) in [7, 11) is 0. The number of nitrogens with one attached hydrogen (secondary N) is 1. The molecule has 0 saturated carbocycles. The molecule has 4 saturated heterocycles. The smallest absolute Gasteiger partial charge is 0.364 e. The average molecular weight is 779 g/mol. The molecule has 0 aliphatic carbocycles. The minimum absolute atomic E-state index is 0.676. The van der Waals surface area contributed by atoms with Gasteiger partial charge in [-0.1, -0.05) is 0 Å². The van der Waals surface area contributed by atoms with E-state index >= 15 is 0 Å². The molecule has 308 valence electrons. The summed E-state index contributed by atoms with van der Waals surface area (Å²) in [6, 6.07) is -3.13. The number of carboxylic acids is 1. The minimum atomic E-state index is -3.07. The Morgan fingerprint density at radius 1 is 0.868 bits per heavy atom. The molecule has 21 atom stereocenters. The molecule has 4 heterocycles. The van der Waals surface area contributed by atoms with Crippen molar-refractivity contribution < 1.29 is 109 Å². The van der Waals surface area contributed by atoms with Gasteiger partial charge in [0, 0.05) is 13.3 Å². The molecule has 0 radical (unpaired) electrons. The molecule has 16 N–H and O–H groups in total. The molecule has 0 aromatic rings. The molecule has 4 aliphatic rings. The molecule has 0 aromatic heterocycles. The predicted molar refractivity (Wildman–Crippen MR) is 163 cm³/mol. The molecular weight excluding hydrogens is 728 g/mol. The molecule has 1 amide bonds. The number of rotatable bonds is 13. The average Bonchev–Trinajstić information content (AvgIpc) is 3.11. The molecular formula is C29H50N2O22. The van der Waals surface area contributed by atoms with E-state index in [0.29, 0.717) is 0 Å². The first kappa shape index (κ1) is 43.9. The zero-order valence-corrected chi connectivity index (χ0v) is 28.4. The highest BCUT2D eigenvalue weighted by atomic mass is 16.8. The van der Waals surface area contributed by atoms with Crippen LogP contribution in [0.25, 0.3) is 0 Å². The van der Waals surface area contributed by atoms with Crippen molar-refractivity contribution in [2.75, 3.05) is 19.8 Å². The molecule has 4 rings (SSSR count). The summed E-state index contributed by atoms with van der Waals surface area (Å²) in [5, 5.41) is 138. The molecule has 24 nitrogen and oxygen atoms in total. The lowest BCUT2D eigenvalue weighted by Crippen LogP contribution is -2.71. The Kier molecular flexibility index (Phi) is 14.9. The Morgan fingerprint density at radius 3 is 2.11 bits per heavy atom. The number of aliphatic hydroxyl groups excluding tert-OH is 12. The predicted octanol–water partition coefficient (Wildman–Crippen LogP) is -9.41. The van der Waals surface area contributed by atoms with Gasteiger partial charge in [-0.05, 0) is 6.92 Å². The van der Waals surface area contributed by atoms with Gasteiger partial charge in [0.25, 0.3) is 5.79 Å². The normalized spacial score (nSPS) is 47.8. The summed E-state index contributed by atoms with van der Waals surface area (Å²) in [4.78, 5) is 24.6. The van der Waals surface area contributed by atoms with Crippen LogP contribution in [-0.2, 0) is 42.7 Å². The van der Waals surface area contributed by atoms with Gasteiger partial charge in [-0.15, -0.1) is 0 Å². The number of aliphatic carboxylic acids is 1. The Morgan fingerprint density at radius 2 is 1.53 bits per heavy atom. The summed E-state index contributed by atoms with van der Waals surface area (Å²) in [6.45, 7) is -0.345. The van der Waals surface area contributed by atoms with Gasteiger partial charge >= 0.3 is 5.97 Å². The molecule has 1 unspecified atom stereocenters. The van der Waals surface area contributed by atoms with E-state index in [1.54, 1.807) is 0 Å². The lowest BCUT2D eigenvalue weighted by molar-refractivity contribution is -0.383. The zero-order valence-electron chi connectivity index (χ0n) is 28.4. The van der Waals surface area contributed by atoms with Crippen molar-refractivity contribution in [1.29, 1.82) is 0 Å². The third-order valence-electron chi connectivity index (χ3n) is 9.60. The Bertz CT molecular complexity index is 1220. The quantitative estimate of drug-likeness (QED) is 0.0825. The maximum Gasteiger partial charge on any atom is 0.364 e. The third-order valence-corrected chi connectivity index (χ3v) is 9.60. The van der Waals surface area contributed by atoms with Gasteiger partial charge < -0.3 is 111 Å². The number of carbonyl (C=O) groups excluding carboxylic acids is 1. The number of ether oxygens (including phenoxy) is 7. The second kappa shape index (κ2) is 17.9. The van der Waals surface area contributed by atoms with Crippen LogP contribution in [0, 0.1) is 0 Å². The first-order valence-corrected chi connectivity index (χ1v) is 16.7. The first-order valence-electron chi connectivity index (χ1n) is 16.7. The fourth-order valence-corrected chi connectivity index (χ4v) is 6.53. The van der Waals surface area contributed by atoms with Crippen LogP contribution in [0.3, 0.4) is 0 Å². The minimum Gasteiger partial charge on any atom is -0.477 e. The van der Waals surface area contributed by atoms with Gasteiger partial charge in [-0.2, -0.15) is 0 Å². The zero-order chi connectivity index (χ0) is 39.7. The molecule has 0 aromatic carbocycles.